The van der Waals surface area contributed by atoms with E-state index in [9.17, 15) is 4.79 Å². The van der Waals surface area contributed by atoms with E-state index < -0.39 is 0 Å². The van der Waals surface area contributed by atoms with E-state index in [1.807, 2.05) is 6.92 Å². The van der Waals surface area contributed by atoms with Gasteiger partial charge in [0.25, 0.3) is 0 Å². The van der Waals surface area contributed by atoms with Gasteiger partial charge in [-0.3, -0.25) is 4.79 Å². The van der Waals surface area contributed by atoms with Crippen LogP contribution >= 0.6 is 0 Å². The SMILES string of the molecule is CCOCC(=O)Nc1ccc(/C(N)=N/O)cc1. The number of hydrogen-bond donors (Lipinski definition) is 3. The van der Waals surface area contributed by atoms with Crippen molar-refractivity contribution in [2.75, 3.05) is 18.5 Å². The molecule has 6 heteroatoms. The molecule has 0 bridgehead atoms. The van der Waals surface area contributed by atoms with Gasteiger partial charge in [-0.05, 0) is 31.2 Å². The Balaban J connectivity index is 2.59. The number of nitrogens with zero attached hydrogens (tertiary/aromatic N) is 1. The Morgan fingerprint density at radius 1 is 1.47 bits per heavy atom. The summed E-state index contributed by atoms with van der Waals surface area (Å²) in [5, 5.41) is 14.0. The molecule has 0 aliphatic carbocycles. The first-order valence-corrected chi connectivity index (χ1v) is 5.13. The van der Waals surface area contributed by atoms with Crippen molar-refractivity contribution in [3.63, 3.8) is 0 Å². The quantitative estimate of drug-likeness (QED) is 0.305. The summed E-state index contributed by atoms with van der Waals surface area (Å²) in [6.07, 6.45) is 0. The summed E-state index contributed by atoms with van der Waals surface area (Å²) in [5.74, 6) is -0.194. The molecule has 0 aromatic heterocycles. The average Bonchev–Trinajstić information content (AvgIpc) is 2.36. The third-order valence-corrected chi connectivity index (χ3v) is 2.01. The van der Waals surface area contributed by atoms with Crippen molar-refractivity contribution in [3.8, 4) is 0 Å². The third kappa shape index (κ3) is 4.12. The fourth-order valence-corrected chi connectivity index (χ4v) is 1.17. The molecule has 0 saturated carbocycles. The van der Waals surface area contributed by atoms with Crippen molar-refractivity contribution in [2.45, 2.75) is 6.92 Å². The molecule has 1 rings (SSSR count). The minimum Gasteiger partial charge on any atom is -0.409 e. The molecule has 0 spiro atoms. The molecule has 0 heterocycles. The normalized spacial score (nSPS) is 11.2. The van der Waals surface area contributed by atoms with Gasteiger partial charge in [-0.15, -0.1) is 0 Å². The number of amidine groups is 1. The lowest BCUT2D eigenvalue weighted by molar-refractivity contribution is -0.120. The highest BCUT2D eigenvalue weighted by molar-refractivity contribution is 5.98. The minimum atomic E-state index is -0.219. The second-order valence-corrected chi connectivity index (χ2v) is 3.25. The van der Waals surface area contributed by atoms with E-state index >= 15 is 0 Å². The zero-order valence-electron chi connectivity index (χ0n) is 9.51. The molecule has 1 aromatic carbocycles. The van der Waals surface area contributed by atoms with Crippen molar-refractivity contribution in [1.82, 2.24) is 0 Å². The summed E-state index contributed by atoms with van der Waals surface area (Å²) in [5.41, 5.74) is 6.61. The third-order valence-electron chi connectivity index (χ3n) is 2.01. The van der Waals surface area contributed by atoms with Gasteiger partial charge < -0.3 is 21.0 Å². The van der Waals surface area contributed by atoms with Crippen LogP contribution < -0.4 is 11.1 Å². The summed E-state index contributed by atoms with van der Waals surface area (Å²) in [6, 6.07) is 6.62. The molecule has 92 valence electrons. The Hall–Kier alpha value is -2.08. The van der Waals surface area contributed by atoms with Gasteiger partial charge in [-0.25, -0.2) is 0 Å². The van der Waals surface area contributed by atoms with Crippen LogP contribution in [0.4, 0.5) is 5.69 Å². The zero-order valence-corrected chi connectivity index (χ0v) is 9.51. The molecule has 17 heavy (non-hydrogen) atoms. The summed E-state index contributed by atoms with van der Waals surface area (Å²) < 4.78 is 4.96. The van der Waals surface area contributed by atoms with E-state index in [1.54, 1.807) is 24.3 Å². The zero-order chi connectivity index (χ0) is 12.7. The lowest BCUT2D eigenvalue weighted by atomic mass is 10.2. The second-order valence-electron chi connectivity index (χ2n) is 3.25. The summed E-state index contributed by atoms with van der Waals surface area (Å²) in [4.78, 5) is 11.3. The first kappa shape index (κ1) is 13.0. The highest BCUT2D eigenvalue weighted by atomic mass is 16.5. The first-order valence-electron chi connectivity index (χ1n) is 5.13. The maximum atomic E-state index is 11.3. The Morgan fingerprint density at radius 3 is 2.65 bits per heavy atom. The first-order chi connectivity index (χ1) is 8.17. The second kappa shape index (κ2) is 6.49. The van der Waals surface area contributed by atoms with E-state index in [1.165, 1.54) is 0 Å². The number of anilines is 1. The molecule has 0 unspecified atom stereocenters. The van der Waals surface area contributed by atoms with E-state index in [2.05, 4.69) is 10.5 Å². The highest BCUT2D eigenvalue weighted by Crippen LogP contribution is 2.09. The Morgan fingerprint density at radius 2 is 2.12 bits per heavy atom. The van der Waals surface area contributed by atoms with Crippen molar-refractivity contribution in [1.29, 1.82) is 0 Å². The smallest absolute Gasteiger partial charge is 0.250 e. The molecular formula is C11H15N3O3. The molecule has 1 aromatic rings. The molecule has 0 aliphatic heterocycles. The molecule has 0 aliphatic rings. The Labute approximate surface area is 99.1 Å². The molecule has 1 amide bonds. The fourth-order valence-electron chi connectivity index (χ4n) is 1.17. The molecule has 0 saturated heterocycles. The molecule has 4 N–H and O–H groups in total. The highest BCUT2D eigenvalue weighted by Gasteiger charge is 2.03. The lowest BCUT2D eigenvalue weighted by Gasteiger charge is -2.06. The molecular weight excluding hydrogens is 222 g/mol. The van der Waals surface area contributed by atoms with Crippen LogP contribution in [0.5, 0.6) is 0 Å². The number of oxime groups is 1. The maximum absolute atomic E-state index is 11.3. The average molecular weight is 237 g/mol. The largest absolute Gasteiger partial charge is 0.409 e. The number of amides is 1. The summed E-state index contributed by atoms with van der Waals surface area (Å²) >= 11 is 0. The van der Waals surface area contributed by atoms with Gasteiger partial charge in [0.15, 0.2) is 5.84 Å². The van der Waals surface area contributed by atoms with Crippen LogP contribution in [-0.4, -0.2) is 30.2 Å². The van der Waals surface area contributed by atoms with Gasteiger partial charge in [-0.2, -0.15) is 0 Å². The Bertz CT molecular complexity index is 401. The number of hydrogen-bond acceptors (Lipinski definition) is 4. The van der Waals surface area contributed by atoms with Gasteiger partial charge in [0.2, 0.25) is 5.91 Å². The van der Waals surface area contributed by atoms with Crippen LogP contribution in [0.3, 0.4) is 0 Å². The topological polar surface area (TPSA) is 96.9 Å². The lowest BCUT2D eigenvalue weighted by Crippen LogP contribution is -2.18. The summed E-state index contributed by atoms with van der Waals surface area (Å²) in [7, 11) is 0. The Kier molecular flexibility index (Phi) is 4.96. The van der Waals surface area contributed by atoms with Gasteiger partial charge in [-0.1, -0.05) is 5.16 Å². The number of rotatable bonds is 5. The minimum absolute atomic E-state index is 0.0252. The monoisotopic (exact) mass is 237 g/mol. The van der Waals surface area contributed by atoms with Crippen LogP contribution in [0.15, 0.2) is 29.4 Å². The summed E-state index contributed by atoms with van der Waals surface area (Å²) in [6.45, 7) is 2.34. The van der Waals surface area contributed by atoms with Crippen molar-refractivity contribution in [3.05, 3.63) is 29.8 Å². The van der Waals surface area contributed by atoms with Crippen molar-refractivity contribution >= 4 is 17.4 Å². The van der Waals surface area contributed by atoms with Crippen LogP contribution in [0.1, 0.15) is 12.5 Å². The fraction of sp³-hybridized carbons (Fsp3) is 0.273. The number of ether oxygens (including phenoxy) is 1. The van der Waals surface area contributed by atoms with Crippen molar-refractivity contribution in [2.24, 2.45) is 10.9 Å². The standard InChI is InChI=1S/C11H15N3O3/c1-2-17-7-10(15)13-9-5-3-8(4-6-9)11(12)14-16/h3-6,16H,2,7H2,1H3,(H2,12,14)(H,13,15). The number of nitrogens with one attached hydrogen (secondary N) is 1. The predicted octanol–water partition coefficient (Wildman–Crippen LogP) is 0.756. The van der Waals surface area contributed by atoms with E-state index in [4.69, 9.17) is 15.7 Å². The van der Waals surface area contributed by atoms with Crippen LogP contribution in [0.2, 0.25) is 0 Å². The molecule has 0 atom stereocenters. The van der Waals surface area contributed by atoms with Gasteiger partial charge >= 0.3 is 0 Å². The molecule has 0 radical (unpaired) electrons. The van der Waals surface area contributed by atoms with Crippen LogP contribution in [-0.2, 0) is 9.53 Å². The number of benzene rings is 1. The maximum Gasteiger partial charge on any atom is 0.250 e. The molecule has 6 nitrogen and oxygen atoms in total. The number of nitrogens with two attached hydrogens (primary N) is 1. The van der Waals surface area contributed by atoms with Crippen LogP contribution in [0.25, 0.3) is 0 Å². The predicted molar refractivity (Wildman–Crippen MR) is 64.1 cm³/mol. The van der Waals surface area contributed by atoms with Crippen molar-refractivity contribution < 1.29 is 14.7 Å². The van der Waals surface area contributed by atoms with Gasteiger partial charge in [0.1, 0.15) is 6.61 Å². The van der Waals surface area contributed by atoms with Gasteiger partial charge in [0, 0.05) is 17.9 Å². The van der Waals surface area contributed by atoms with E-state index in [-0.39, 0.29) is 18.3 Å². The number of carbonyl (C=O) groups is 1. The van der Waals surface area contributed by atoms with Gasteiger partial charge in [0.05, 0.1) is 0 Å². The van der Waals surface area contributed by atoms with E-state index in [0.717, 1.165) is 0 Å². The van der Waals surface area contributed by atoms with Crippen LogP contribution in [0, 0.1) is 0 Å². The van der Waals surface area contributed by atoms with E-state index in [0.29, 0.717) is 17.9 Å². The molecule has 0 fully saturated rings. The number of carbonyl (C=O) groups excluding carboxylic acids is 1.